The van der Waals surface area contributed by atoms with E-state index in [4.69, 9.17) is 9.47 Å². The van der Waals surface area contributed by atoms with E-state index in [0.29, 0.717) is 35.7 Å². The molecule has 36 heavy (non-hydrogen) atoms. The zero-order valence-electron chi connectivity index (χ0n) is 19.0. The summed E-state index contributed by atoms with van der Waals surface area (Å²) < 4.78 is 49.6. The van der Waals surface area contributed by atoms with Crippen LogP contribution in [0.5, 0.6) is 17.2 Å². The fourth-order valence-electron chi connectivity index (χ4n) is 3.80. The van der Waals surface area contributed by atoms with Crippen LogP contribution < -0.4 is 14.8 Å². The first-order chi connectivity index (χ1) is 17.1. The van der Waals surface area contributed by atoms with E-state index in [1.807, 2.05) is 0 Å². The predicted octanol–water partition coefficient (Wildman–Crippen LogP) is 6.26. The second-order valence-corrected chi connectivity index (χ2v) is 8.15. The number of fused-ring (bicyclic) bond motifs is 1. The fraction of sp³-hybridized carbons (Fsp3) is 0.192. The molecule has 1 aliphatic heterocycles. The van der Waals surface area contributed by atoms with E-state index in [2.05, 4.69) is 22.9 Å². The lowest BCUT2D eigenvalue weighted by atomic mass is 9.90. The molecular weight excluding hydrogens is 475 g/mol. The molecule has 0 aliphatic carbocycles. The van der Waals surface area contributed by atoms with Gasteiger partial charge in [0.2, 0.25) is 0 Å². The highest BCUT2D eigenvalue weighted by atomic mass is 19.4. The van der Waals surface area contributed by atoms with E-state index in [0.717, 1.165) is 18.3 Å². The summed E-state index contributed by atoms with van der Waals surface area (Å²) in [4.78, 5) is 15.9. The Kier molecular flexibility index (Phi) is 6.57. The first kappa shape index (κ1) is 24.6. The van der Waals surface area contributed by atoms with Crippen LogP contribution in [-0.2, 0) is 6.18 Å². The Morgan fingerprint density at radius 1 is 1.25 bits per heavy atom. The molecule has 1 aromatic heterocycles. The van der Waals surface area contributed by atoms with Gasteiger partial charge in [0.25, 0.3) is 5.91 Å². The van der Waals surface area contributed by atoms with Gasteiger partial charge in [-0.15, -0.1) is 0 Å². The summed E-state index contributed by atoms with van der Waals surface area (Å²) in [5.74, 6) is 0.230. The summed E-state index contributed by atoms with van der Waals surface area (Å²) in [6.07, 6.45) is -3.10. The number of halogens is 3. The molecule has 10 heteroatoms. The Labute approximate surface area is 204 Å². The maximum absolute atomic E-state index is 12.7. The van der Waals surface area contributed by atoms with E-state index in [-0.39, 0.29) is 34.2 Å². The Morgan fingerprint density at radius 2 is 2.03 bits per heavy atom. The Hall–Kier alpha value is -4.52. The molecule has 2 aromatic carbocycles. The van der Waals surface area contributed by atoms with Crippen molar-refractivity contribution in [1.82, 2.24) is 4.98 Å². The monoisotopic (exact) mass is 495 g/mol. The second kappa shape index (κ2) is 9.62. The van der Waals surface area contributed by atoms with E-state index in [1.54, 1.807) is 31.2 Å². The molecule has 1 aliphatic rings. The number of aromatic nitrogens is 1. The molecule has 0 bridgehead atoms. The molecule has 0 spiro atoms. The molecule has 1 amide bonds. The van der Waals surface area contributed by atoms with Crippen LogP contribution in [0.1, 0.15) is 45.1 Å². The number of nitrogens with zero attached hydrogens (tertiary/aromatic N) is 2. The number of pyridine rings is 1. The number of hydrogen-bond acceptors (Lipinski definition) is 6. The van der Waals surface area contributed by atoms with Gasteiger partial charge in [-0.1, -0.05) is 6.58 Å². The van der Waals surface area contributed by atoms with Crippen molar-refractivity contribution in [3.63, 3.8) is 0 Å². The molecule has 3 aromatic rings. The van der Waals surface area contributed by atoms with Gasteiger partial charge in [-0.25, -0.2) is 4.98 Å². The van der Waals surface area contributed by atoms with Crippen molar-refractivity contribution in [3.05, 3.63) is 88.9 Å². The number of allylic oxidation sites excluding steroid dienone is 1. The maximum Gasteiger partial charge on any atom is 0.433 e. The SMILES string of the molecule is C=C(O)C1CCOc2cc(Oc3ccc(C(=O)Nc4ccc(C(F)(F)F)nc4)cc3C)c(C#N)cc21. The maximum atomic E-state index is 12.7. The van der Waals surface area contributed by atoms with Crippen molar-refractivity contribution in [2.75, 3.05) is 11.9 Å². The molecule has 1 unspecified atom stereocenters. The van der Waals surface area contributed by atoms with Gasteiger partial charge in [0.15, 0.2) is 0 Å². The fourth-order valence-corrected chi connectivity index (χ4v) is 3.80. The molecule has 0 radical (unpaired) electrons. The lowest BCUT2D eigenvalue weighted by molar-refractivity contribution is -0.141. The zero-order valence-corrected chi connectivity index (χ0v) is 19.0. The predicted molar refractivity (Wildman–Crippen MR) is 124 cm³/mol. The van der Waals surface area contributed by atoms with E-state index < -0.39 is 17.8 Å². The third kappa shape index (κ3) is 5.10. The number of aryl methyl sites for hydroxylation is 1. The molecular formula is C26H20F3N3O4. The largest absolute Gasteiger partial charge is 0.512 e. The first-order valence-electron chi connectivity index (χ1n) is 10.8. The van der Waals surface area contributed by atoms with Crippen molar-refractivity contribution >= 4 is 11.6 Å². The molecule has 4 rings (SSSR count). The van der Waals surface area contributed by atoms with Crippen molar-refractivity contribution in [1.29, 1.82) is 5.26 Å². The molecule has 0 saturated heterocycles. The minimum absolute atomic E-state index is 0.00565. The average molecular weight is 495 g/mol. The number of aliphatic hydroxyl groups excluding tert-OH is 1. The molecule has 1 atom stereocenters. The van der Waals surface area contributed by atoms with E-state index in [1.165, 1.54) is 6.07 Å². The lowest BCUT2D eigenvalue weighted by Crippen LogP contribution is -2.16. The highest BCUT2D eigenvalue weighted by Crippen LogP contribution is 2.42. The number of carbonyl (C=O) groups excluding carboxylic acids is 1. The number of carbonyl (C=O) groups is 1. The van der Waals surface area contributed by atoms with Crippen LogP contribution in [0.4, 0.5) is 18.9 Å². The molecule has 0 fully saturated rings. The van der Waals surface area contributed by atoms with Crippen LogP contribution in [0.25, 0.3) is 0 Å². The quantitative estimate of drug-likeness (QED) is 0.405. The number of benzene rings is 2. The van der Waals surface area contributed by atoms with Gasteiger partial charge in [-0.3, -0.25) is 4.79 Å². The smallest absolute Gasteiger partial charge is 0.433 e. The van der Waals surface area contributed by atoms with Crippen molar-refractivity contribution in [2.24, 2.45) is 0 Å². The van der Waals surface area contributed by atoms with Crippen LogP contribution in [-0.4, -0.2) is 22.6 Å². The third-order valence-corrected chi connectivity index (χ3v) is 5.64. The summed E-state index contributed by atoms with van der Waals surface area (Å²) in [5.41, 5.74) is 0.776. The minimum Gasteiger partial charge on any atom is -0.512 e. The number of rotatable bonds is 5. The number of amides is 1. The second-order valence-electron chi connectivity index (χ2n) is 8.15. The number of alkyl halides is 3. The van der Waals surface area contributed by atoms with Gasteiger partial charge >= 0.3 is 6.18 Å². The number of hydrogen-bond donors (Lipinski definition) is 2. The molecule has 2 heterocycles. The lowest BCUT2D eigenvalue weighted by Gasteiger charge is -2.26. The van der Waals surface area contributed by atoms with Crippen LogP contribution in [0.3, 0.4) is 0 Å². The van der Waals surface area contributed by atoms with Crippen molar-refractivity contribution < 1.29 is 32.5 Å². The normalized spacial score (nSPS) is 14.7. The van der Waals surface area contributed by atoms with Crippen molar-refractivity contribution in [2.45, 2.75) is 25.4 Å². The molecule has 2 N–H and O–H groups in total. The van der Waals surface area contributed by atoms with Gasteiger partial charge in [-0.2, -0.15) is 18.4 Å². The highest BCUT2D eigenvalue weighted by molar-refractivity contribution is 6.04. The minimum atomic E-state index is -4.57. The standard InChI is InChI=1S/C26H20F3N3O4/c1-14-9-16(25(34)32-18-4-6-24(31-13-18)26(27,28)29)3-5-21(14)36-22-11-23-20(10-17(22)12-30)19(15(2)33)7-8-35-23/h3-6,9-11,13,19,33H,2,7-8H2,1H3,(H,32,34). The van der Waals surface area contributed by atoms with E-state index in [9.17, 15) is 28.3 Å². The summed E-state index contributed by atoms with van der Waals surface area (Å²) in [6, 6.07) is 11.8. The average Bonchev–Trinajstić information content (AvgIpc) is 2.84. The molecule has 7 nitrogen and oxygen atoms in total. The van der Waals surface area contributed by atoms with Gasteiger partial charge in [0.05, 0.1) is 29.8 Å². The third-order valence-electron chi connectivity index (χ3n) is 5.64. The van der Waals surface area contributed by atoms with Crippen LogP contribution in [0, 0.1) is 18.3 Å². The van der Waals surface area contributed by atoms with E-state index >= 15 is 0 Å². The van der Waals surface area contributed by atoms with Crippen LogP contribution in [0.15, 0.2) is 61.0 Å². The number of nitriles is 1. The van der Waals surface area contributed by atoms with Crippen molar-refractivity contribution in [3.8, 4) is 23.3 Å². The highest BCUT2D eigenvalue weighted by Gasteiger charge is 2.32. The molecule has 0 saturated carbocycles. The zero-order chi connectivity index (χ0) is 26.0. The summed E-state index contributed by atoms with van der Waals surface area (Å²) >= 11 is 0. The Bertz CT molecular complexity index is 1380. The van der Waals surface area contributed by atoms with Crippen LogP contribution in [0.2, 0.25) is 0 Å². The summed E-state index contributed by atoms with van der Waals surface area (Å²) in [7, 11) is 0. The number of anilines is 1. The topological polar surface area (TPSA) is 104 Å². The van der Waals surface area contributed by atoms with Gasteiger partial charge in [0, 0.05) is 23.1 Å². The summed E-state index contributed by atoms with van der Waals surface area (Å²) in [5, 5.41) is 22.0. The summed E-state index contributed by atoms with van der Waals surface area (Å²) in [6.45, 7) is 5.68. The first-order valence-corrected chi connectivity index (χ1v) is 10.8. The Morgan fingerprint density at radius 3 is 2.64 bits per heavy atom. The number of nitrogens with one attached hydrogen (secondary N) is 1. The number of aliphatic hydroxyl groups is 1. The van der Waals surface area contributed by atoms with Gasteiger partial charge in [0.1, 0.15) is 29.0 Å². The van der Waals surface area contributed by atoms with Gasteiger partial charge < -0.3 is 19.9 Å². The number of ether oxygens (including phenoxy) is 2. The Balaban J connectivity index is 1.53. The van der Waals surface area contributed by atoms with Crippen LogP contribution >= 0.6 is 0 Å². The molecule has 184 valence electrons. The van der Waals surface area contributed by atoms with Gasteiger partial charge in [-0.05, 0) is 55.3 Å².